The Balaban J connectivity index is 4.26. The van der Waals surface area contributed by atoms with Crippen LogP contribution in [0.3, 0.4) is 0 Å². The largest absolute Gasteiger partial charge is 0.455 e. The summed E-state index contributed by atoms with van der Waals surface area (Å²) in [6, 6.07) is 0. The first kappa shape index (κ1) is 20.2. The van der Waals surface area contributed by atoms with Gasteiger partial charge in [0.05, 0.1) is 0 Å². The highest BCUT2D eigenvalue weighted by Gasteiger charge is 2.11. The Morgan fingerprint density at radius 3 is 1.50 bits per heavy atom. The lowest BCUT2D eigenvalue weighted by Crippen LogP contribution is -2.16. The molecule has 0 spiro atoms. The van der Waals surface area contributed by atoms with Crippen LogP contribution < -0.4 is 0 Å². The Labute approximate surface area is 133 Å². The zero-order chi connectivity index (χ0) is 16.8. The van der Waals surface area contributed by atoms with Crippen molar-refractivity contribution >= 4 is 11.9 Å². The number of hydrogen-bond acceptors (Lipinski definition) is 4. The second-order valence-corrected chi connectivity index (χ2v) is 5.04. The summed E-state index contributed by atoms with van der Waals surface area (Å²) in [6.07, 6.45) is 10.1. The van der Waals surface area contributed by atoms with Gasteiger partial charge in [-0.2, -0.15) is 0 Å². The average molecular weight is 308 g/mol. The van der Waals surface area contributed by atoms with E-state index >= 15 is 0 Å². The van der Waals surface area contributed by atoms with Crippen LogP contribution in [-0.2, 0) is 19.1 Å². The van der Waals surface area contributed by atoms with Gasteiger partial charge in [-0.3, -0.25) is 0 Å². The first-order chi connectivity index (χ1) is 10.6. The predicted octanol–water partition coefficient (Wildman–Crippen LogP) is 4.12. The summed E-state index contributed by atoms with van der Waals surface area (Å²) < 4.78 is 10.4. The van der Waals surface area contributed by atoms with Crippen LogP contribution in [0.1, 0.15) is 52.4 Å². The molecule has 2 atom stereocenters. The molecule has 0 aliphatic heterocycles. The van der Waals surface area contributed by atoms with Crippen LogP contribution in [0.2, 0.25) is 0 Å². The molecule has 124 valence electrons. The Hall–Kier alpha value is -1.84. The van der Waals surface area contributed by atoms with Crippen LogP contribution in [0.4, 0.5) is 0 Å². The van der Waals surface area contributed by atoms with E-state index in [1.165, 1.54) is 0 Å². The highest BCUT2D eigenvalue weighted by atomic mass is 16.5. The van der Waals surface area contributed by atoms with Gasteiger partial charge in [-0.05, 0) is 25.7 Å². The van der Waals surface area contributed by atoms with E-state index in [0.29, 0.717) is 0 Å². The normalized spacial score (nSPS) is 13.4. The average Bonchev–Trinajstić information content (AvgIpc) is 2.53. The molecule has 4 nitrogen and oxygen atoms in total. The van der Waals surface area contributed by atoms with E-state index in [1.54, 1.807) is 12.2 Å². The third kappa shape index (κ3) is 9.97. The van der Waals surface area contributed by atoms with Gasteiger partial charge in [-0.1, -0.05) is 52.0 Å². The van der Waals surface area contributed by atoms with Crippen LogP contribution in [0.5, 0.6) is 0 Å². The molecule has 0 rings (SSSR count). The van der Waals surface area contributed by atoms with Crippen molar-refractivity contribution in [2.45, 2.75) is 64.6 Å². The third-order valence-electron chi connectivity index (χ3n) is 3.10. The fraction of sp³-hybridized carbons (Fsp3) is 0.556. The minimum atomic E-state index is -0.568. The summed E-state index contributed by atoms with van der Waals surface area (Å²) in [5.41, 5.74) is 0. The van der Waals surface area contributed by atoms with E-state index in [1.807, 2.05) is 0 Å². The molecule has 0 aliphatic rings. The third-order valence-corrected chi connectivity index (χ3v) is 3.10. The van der Waals surface area contributed by atoms with Crippen molar-refractivity contribution in [1.29, 1.82) is 0 Å². The van der Waals surface area contributed by atoms with E-state index in [4.69, 9.17) is 9.47 Å². The summed E-state index contributed by atoms with van der Waals surface area (Å²) in [5.74, 6) is -1.14. The van der Waals surface area contributed by atoms with Crippen molar-refractivity contribution in [2.75, 3.05) is 0 Å². The smallest absolute Gasteiger partial charge is 0.331 e. The van der Waals surface area contributed by atoms with Gasteiger partial charge >= 0.3 is 11.9 Å². The topological polar surface area (TPSA) is 52.6 Å². The van der Waals surface area contributed by atoms with Crippen molar-refractivity contribution in [3.63, 3.8) is 0 Å². The molecule has 0 bridgehead atoms. The van der Waals surface area contributed by atoms with E-state index < -0.39 is 11.9 Å². The van der Waals surface area contributed by atoms with Crippen molar-refractivity contribution in [3.8, 4) is 0 Å². The lowest BCUT2D eigenvalue weighted by Gasteiger charge is -2.12. The van der Waals surface area contributed by atoms with Crippen molar-refractivity contribution in [3.05, 3.63) is 37.5 Å². The molecule has 0 aliphatic carbocycles. The molecule has 0 N–H and O–H groups in total. The summed E-state index contributed by atoms with van der Waals surface area (Å²) in [6.45, 7) is 11.4. The molecule has 0 aromatic rings. The first-order valence-electron chi connectivity index (χ1n) is 7.91. The lowest BCUT2D eigenvalue weighted by atomic mass is 10.1. The van der Waals surface area contributed by atoms with Gasteiger partial charge in [0.1, 0.15) is 12.2 Å². The maximum Gasteiger partial charge on any atom is 0.331 e. The van der Waals surface area contributed by atoms with Gasteiger partial charge in [0.25, 0.3) is 0 Å². The molecular weight excluding hydrogens is 280 g/mol. The van der Waals surface area contributed by atoms with Gasteiger partial charge in [0.15, 0.2) is 0 Å². The molecule has 0 saturated heterocycles. The molecule has 0 aromatic carbocycles. The molecule has 0 saturated carbocycles. The summed E-state index contributed by atoms with van der Waals surface area (Å²) in [7, 11) is 0. The number of esters is 2. The quantitative estimate of drug-likeness (QED) is 0.309. The van der Waals surface area contributed by atoms with E-state index in [-0.39, 0.29) is 12.2 Å². The minimum Gasteiger partial charge on any atom is -0.455 e. The fourth-order valence-corrected chi connectivity index (χ4v) is 1.77. The van der Waals surface area contributed by atoms with Crippen molar-refractivity contribution in [1.82, 2.24) is 0 Å². The number of unbranched alkanes of at least 4 members (excludes halogenated alkanes) is 2. The Kier molecular flexibility index (Phi) is 11.8. The van der Waals surface area contributed by atoms with Crippen LogP contribution in [-0.4, -0.2) is 24.1 Å². The highest BCUT2D eigenvalue weighted by Crippen LogP contribution is 2.08. The molecule has 0 amide bonds. The summed E-state index contributed by atoms with van der Waals surface area (Å²) >= 11 is 0. The monoisotopic (exact) mass is 308 g/mol. The molecular formula is C18H28O4. The van der Waals surface area contributed by atoms with Crippen LogP contribution in [0.25, 0.3) is 0 Å². The van der Waals surface area contributed by atoms with Gasteiger partial charge < -0.3 is 9.47 Å². The zero-order valence-electron chi connectivity index (χ0n) is 13.8. The van der Waals surface area contributed by atoms with E-state index in [2.05, 4.69) is 27.0 Å². The Morgan fingerprint density at radius 2 is 1.23 bits per heavy atom. The second kappa shape index (κ2) is 12.9. The van der Waals surface area contributed by atoms with Crippen LogP contribution >= 0.6 is 0 Å². The predicted molar refractivity (Wildman–Crippen MR) is 88.3 cm³/mol. The number of carbonyl (C=O) groups excluding carboxylic acids is 2. The molecule has 0 aromatic heterocycles. The Morgan fingerprint density at radius 1 is 0.864 bits per heavy atom. The molecule has 0 radical (unpaired) electrons. The molecule has 2 unspecified atom stereocenters. The molecule has 0 heterocycles. The van der Waals surface area contributed by atoms with Gasteiger partial charge in [-0.25, -0.2) is 9.59 Å². The molecule has 22 heavy (non-hydrogen) atoms. The minimum absolute atomic E-state index is 0.321. The van der Waals surface area contributed by atoms with E-state index in [9.17, 15) is 9.59 Å². The second-order valence-electron chi connectivity index (χ2n) is 5.04. The number of rotatable bonds is 12. The number of ether oxygens (including phenoxy) is 2. The van der Waals surface area contributed by atoms with Crippen LogP contribution in [0, 0.1) is 0 Å². The van der Waals surface area contributed by atoms with Gasteiger partial charge in [-0.15, -0.1) is 0 Å². The number of carbonyl (C=O) groups is 2. The zero-order valence-corrected chi connectivity index (χ0v) is 13.8. The Bertz CT molecular complexity index is 349. The van der Waals surface area contributed by atoms with Crippen LogP contribution in [0.15, 0.2) is 37.5 Å². The van der Waals surface area contributed by atoms with E-state index in [0.717, 1.165) is 50.7 Å². The van der Waals surface area contributed by atoms with Crippen molar-refractivity contribution in [2.24, 2.45) is 0 Å². The standard InChI is InChI=1S/C18H28O4/c1-5-9-11-15(7-3)21-17(19)13-14-18(20)22-16(8-4)12-10-6-2/h7-8,13-16H,3-6,9-12H2,1-2H3/b14-13+. The lowest BCUT2D eigenvalue weighted by molar-refractivity contribution is -0.144. The molecule has 4 heteroatoms. The highest BCUT2D eigenvalue weighted by molar-refractivity contribution is 5.91. The number of hydrogen-bond donors (Lipinski definition) is 0. The summed E-state index contributed by atoms with van der Waals surface area (Å²) in [5, 5.41) is 0. The summed E-state index contributed by atoms with van der Waals surface area (Å²) in [4.78, 5) is 23.2. The van der Waals surface area contributed by atoms with Gasteiger partial charge in [0, 0.05) is 12.2 Å². The van der Waals surface area contributed by atoms with Crippen molar-refractivity contribution < 1.29 is 19.1 Å². The molecule has 0 fully saturated rings. The van der Waals surface area contributed by atoms with Gasteiger partial charge in [0.2, 0.25) is 0 Å². The fourth-order valence-electron chi connectivity index (χ4n) is 1.77. The maximum absolute atomic E-state index is 11.6. The first-order valence-corrected chi connectivity index (χ1v) is 7.91. The SMILES string of the molecule is C=CC(CCCC)OC(=O)/C=C/C(=O)OC(C=C)CCCC. The maximum atomic E-state index is 11.6.